The van der Waals surface area contributed by atoms with Crippen LogP contribution in [0.3, 0.4) is 0 Å². The average Bonchev–Trinajstić information content (AvgIpc) is 3.10. The third-order valence-corrected chi connectivity index (χ3v) is 11.2. The van der Waals surface area contributed by atoms with Crippen LogP contribution in [0.25, 0.3) is 0 Å². The van der Waals surface area contributed by atoms with E-state index in [2.05, 4.69) is 44.3 Å². The first-order valence-corrected chi connectivity index (χ1v) is 13.0. The Morgan fingerprint density at radius 1 is 1.07 bits per heavy atom. The van der Waals surface area contributed by atoms with E-state index in [9.17, 15) is 9.59 Å². The molecule has 0 aromatic heterocycles. The van der Waals surface area contributed by atoms with Crippen LogP contribution in [0.15, 0.2) is 41.1 Å². The third-order valence-electron chi connectivity index (χ3n) is 6.63. The van der Waals surface area contributed by atoms with Crippen molar-refractivity contribution < 1.29 is 19.1 Å². The van der Waals surface area contributed by atoms with Crippen molar-refractivity contribution in [3.05, 3.63) is 46.7 Å². The molecule has 5 heteroatoms. The molecule has 0 spiro atoms. The molecule has 1 heterocycles. The second-order valence-corrected chi connectivity index (χ2v) is 13.1. The molecule has 4 nitrogen and oxygen atoms in total. The van der Waals surface area contributed by atoms with Crippen LogP contribution in [0.4, 0.5) is 0 Å². The summed E-state index contributed by atoms with van der Waals surface area (Å²) in [5.41, 5.74) is 1.80. The second-order valence-electron chi connectivity index (χ2n) is 8.27. The maximum atomic E-state index is 12.9. The standard InChI is InChI=1S/C22H30O4Si/c1-6-25-20(23)22(21(24)26-7-2)13-17-15(3)27(4,5)19(18(17)14-22)16-11-9-8-10-12-16/h8-12,18-19H,6-7,13-14H2,1-5H3/t18-,19+/m1/s1. The maximum Gasteiger partial charge on any atom is 0.323 e. The van der Waals surface area contributed by atoms with E-state index >= 15 is 0 Å². The Hall–Kier alpha value is -1.88. The van der Waals surface area contributed by atoms with Crippen molar-refractivity contribution in [1.29, 1.82) is 0 Å². The fraction of sp³-hybridized carbons (Fsp3) is 0.545. The summed E-state index contributed by atoms with van der Waals surface area (Å²) in [4.78, 5) is 25.8. The van der Waals surface area contributed by atoms with Gasteiger partial charge in [0.1, 0.15) is 0 Å². The lowest BCUT2D eigenvalue weighted by Gasteiger charge is -2.33. The Morgan fingerprint density at radius 3 is 2.15 bits per heavy atom. The van der Waals surface area contributed by atoms with Gasteiger partial charge in [0.2, 0.25) is 0 Å². The monoisotopic (exact) mass is 386 g/mol. The zero-order valence-corrected chi connectivity index (χ0v) is 18.0. The number of ether oxygens (including phenoxy) is 2. The summed E-state index contributed by atoms with van der Waals surface area (Å²) in [5, 5.41) is 1.43. The first-order valence-electron chi connectivity index (χ1n) is 9.89. The lowest BCUT2D eigenvalue weighted by Crippen LogP contribution is -2.42. The number of rotatable bonds is 5. The molecular formula is C22H30O4Si. The molecule has 1 aliphatic carbocycles. The molecule has 0 N–H and O–H groups in total. The number of benzene rings is 1. The molecule has 27 heavy (non-hydrogen) atoms. The first-order chi connectivity index (χ1) is 12.8. The highest BCUT2D eigenvalue weighted by Gasteiger charge is 2.62. The van der Waals surface area contributed by atoms with Crippen LogP contribution in [0.2, 0.25) is 13.1 Å². The van der Waals surface area contributed by atoms with Crippen molar-refractivity contribution in [2.24, 2.45) is 11.3 Å². The highest BCUT2D eigenvalue weighted by molar-refractivity contribution is 6.86. The summed E-state index contributed by atoms with van der Waals surface area (Å²) >= 11 is 0. The predicted molar refractivity (Wildman–Crippen MR) is 108 cm³/mol. The largest absolute Gasteiger partial charge is 0.465 e. The van der Waals surface area contributed by atoms with Crippen LogP contribution in [0, 0.1) is 11.3 Å². The SMILES string of the molecule is CCOC(=O)C1(C(=O)OCC)CC2=C(C)[Si](C)(C)[C@@H](c3ccccc3)[C@@H]2C1. The van der Waals surface area contributed by atoms with Crippen LogP contribution >= 0.6 is 0 Å². The molecule has 0 amide bonds. The molecule has 1 aromatic rings. The first kappa shape index (κ1) is 19.9. The maximum absolute atomic E-state index is 12.9. The van der Waals surface area contributed by atoms with Crippen molar-refractivity contribution in [3.8, 4) is 0 Å². The van der Waals surface area contributed by atoms with Crippen molar-refractivity contribution in [1.82, 2.24) is 0 Å². The van der Waals surface area contributed by atoms with E-state index in [0.717, 1.165) is 0 Å². The molecule has 0 unspecified atom stereocenters. The molecule has 0 radical (unpaired) electrons. The van der Waals surface area contributed by atoms with E-state index in [0.29, 0.717) is 18.4 Å². The van der Waals surface area contributed by atoms with Gasteiger partial charge in [-0.3, -0.25) is 9.59 Å². The van der Waals surface area contributed by atoms with Crippen LogP contribution in [0.5, 0.6) is 0 Å². The Morgan fingerprint density at radius 2 is 1.63 bits per heavy atom. The Kier molecular flexibility index (Phi) is 5.35. The number of hydrogen-bond acceptors (Lipinski definition) is 4. The fourth-order valence-corrected chi connectivity index (χ4v) is 9.07. The van der Waals surface area contributed by atoms with Gasteiger partial charge in [-0.15, -0.1) is 0 Å². The molecule has 0 bridgehead atoms. The number of allylic oxidation sites excluding steroid dienone is 2. The van der Waals surface area contributed by atoms with Crippen LogP contribution < -0.4 is 0 Å². The smallest absolute Gasteiger partial charge is 0.323 e. The average molecular weight is 387 g/mol. The van der Waals surface area contributed by atoms with Crippen molar-refractivity contribution in [2.75, 3.05) is 13.2 Å². The summed E-state index contributed by atoms with van der Waals surface area (Å²) in [7, 11) is -1.70. The van der Waals surface area contributed by atoms with Gasteiger partial charge in [0.05, 0.1) is 21.3 Å². The van der Waals surface area contributed by atoms with Gasteiger partial charge in [-0.25, -0.2) is 0 Å². The number of fused-ring (bicyclic) bond motifs is 1. The summed E-state index contributed by atoms with van der Waals surface area (Å²) in [6.07, 6.45) is 0.939. The zero-order chi connectivity index (χ0) is 19.8. The lowest BCUT2D eigenvalue weighted by atomic mass is 9.84. The summed E-state index contributed by atoms with van der Waals surface area (Å²) in [6.45, 7) is 11.1. The van der Waals surface area contributed by atoms with Gasteiger partial charge in [-0.05, 0) is 50.6 Å². The summed E-state index contributed by atoms with van der Waals surface area (Å²) < 4.78 is 10.7. The highest BCUT2D eigenvalue weighted by Crippen LogP contribution is 2.60. The van der Waals surface area contributed by atoms with Crippen LogP contribution in [-0.4, -0.2) is 33.2 Å². The topological polar surface area (TPSA) is 52.6 Å². The minimum absolute atomic E-state index is 0.211. The third kappa shape index (κ3) is 3.06. The van der Waals surface area contributed by atoms with Crippen LogP contribution in [-0.2, 0) is 19.1 Å². The molecule has 2 atom stereocenters. The number of esters is 2. The Bertz CT molecular complexity index is 748. The number of carbonyl (C=O) groups is 2. The van der Waals surface area contributed by atoms with E-state index in [1.165, 1.54) is 16.3 Å². The van der Waals surface area contributed by atoms with Gasteiger partial charge in [0.25, 0.3) is 0 Å². The van der Waals surface area contributed by atoms with Crippen LogP contribution in [0.1, 0.15) is 44.7 Å². The molecule has 2 aliphatic rings. The van der Waals surface area contributed by atoms with Crippen molar-refractivity contribution >= 4 is 20.0 Å². The van der Waals surface area contributed by atoms with Crippen molar-refractivity contribution in [2.45, 2.75) is 52.2 Å². The molecule has 1 aliphatic heterocycles. The van der Waals surface area contributed by atoms with E-state index in [1.807, 2.05) is 6.07 Å². The Labute approximate surface area is 163 Å². The molecule has 1 aromatic carbocycles. The van der Waals surface area contributed by atoms with Gasteiger partial charge in [-0.2, -0.15) is 0 Å². The van der Waals surface area contributed by atoms with Gasteiger partial charge in [0.15, 0.2) is 5.41 Å². The molecule has 1 fully saturated rings. The molecule has 1 saturated carbocycles. The van der Waals surface area contributed by atoms with Crippen molar-refractivity contribution in [3.63, 3.8) is 0 Å². The van der Waals surface area contributed by atoms with Gasteiger partial charge in [0, 0.05) is 0 Å². The molecule has 3 rings (SSSR count). The number of hydrogen-bond donors (Lipinski definition) is 0. The zero-order valence-electron chi connectivity index (χ0n) is 17.0. The fourth-order valence-electron chi connectivity index (χ4n) is 5.15. The molecule has 0 saturated heterocycles. The van der Waals surface area contributed by atoms with Gasteiger partial charge in [-0.1, -0.05) is 54.2 Å². The molecule has 146 valence electrons. The van der Waals surface area contributed by atoms with E-state index in [1.54, 1.807) is 13.8 Å². The molecular weight excluding hydrogens is 356 g/mol. The minimum atomic E-state index is -1.70. The summed E-state index contributed by atoms with van der Waals surface area (Å²) in [5.74, 6) is -0.642. The normalized spacial score (nSPS) is 25.2. The van der Waals surface area contributed by atoms with E-state index < -0.39 is 25.4 Å². The quantitative estimate of drug-likeness (QED) is 0.427. The lowest BCUT2D eigenvalue weighted by molar-refractivity contribution is -0.171. The predicted octanol–water partition coefficient (Wildman–Crippen LogP) is 4.41. The van der Waals surface area contributed by atoms with Gasteiger partial charge >= 0.3 is 11.9 Å². The number of carbonyl (C=O) groups excluding carboxylic acids is 2. The Balaban J connectivity index is 2.06. The van der Waals surface area contributed by atoms with E-state index in [4.69, 9.17) is 9.47 Å². The second kappa shape index (κ2) is 7.27. The van der Waals surface area contributed by atoms with Gasteiger partial charge < -0.3 is 9.47 Å². The van der Waals surface area contributed by atoms with E-state index in [-0.39, 0.29) is 19.1 Å². The highest BCUT2D eigenvalue weighted by atomic mass is 28.3. The minimum Gasteiger partial charge on any atom is -0.465 e. The summed E-state index contributed by atoms with van der Waals surface area (Å²) in [6, 6.07) is 10.6.